The van der Waals surface area contributed by atoms with E-state index in [4.69, 9.17) is 15.2 Å². The van der Waals surface area contributed by atoms with Crippen molar-refractivity contribution in [3.05, 3.63) is 150 Å². The van der Waals surface area contributed by atoms with Crippen LogP contribution in [0.15, 0.2) is 133 Å². The third-order valence-corrected chi connectivity index (χ3v) is 8.52. The minimum absolute atomic E-state index is 0.702. The summed E-state index contributed by atoms with van der Waals surface area (Å²) in [6.45, 7) is 6.45. The Hall–Kier alpha value is -5.81. The Morgan fingerprint density at radius 2 is 1.04 bits per heavy atom. The SMILES string of the molecule is Cc1cc(C)c(-n2c(-c3cccc(-c4ccccc4)c3)nnc2-c2cccc(-n3c4ccccc4c4ccccc43)n2)c(C)c1. The van der Waals surface area contributed by atoms with Crippen LogP contribution < -0.4 is 0 Å². The molecule has 0 atom stereocenters. The molecular weight excluding hydrogens is 550 g/mol. The molecule has 0 saturated heterocycles. The molecule has 0 aliphatic carbocycles. The molecule has 216 valence electrons. The number of rotatable bonds is 5. The van der Waals surface area contributed by atoms with Crippen LogP contribution in [-0.4, -0.2) is 24.3 Å². The van der Waals surface area contributed by atoms with Crippen molar-refractivity contribution in [1.29, 1.82) is 0 Å². The fourth-order valence-electron chi connectivity index (χ4n) is 6.68. The highest BCUT2D eigenvalue weighted by atomic mass is 15.3. The van der Waals surface area contributed by atoms with Crippen LogP contribution >= 0.6 is 0 Å². The van der Waals surface area contributed by atoms with Gasteiger partial charge in [0, 0.05) is 16.3 Å². The Morgan fingerprint density at radius 1 is 0.467 bits per heavy atom. The first-order chi connectivity index (χ1) is 22.1. The second kappa shape index (κ2) is 10.7. The molecule has 0 aliphatic heterocycles. The van der Waals surface area contributed by atoms with Gasteiger partial charge in [-0.3, -0.25) is 9.13 Å². The Labute approximate surface area is 262 Å². The molecule has 8 rings (SSSR count). The van der Waals surface area contributed by atoms with Gasteiger partial charge in [-0.05, 0) is 73.4 Å². The molecule has 0 bridgehead atoms. The minimum Gasteiger partial charge on any atom is -0.294 e. The van der Waals surface area contributed by atoms with Crippen molar-refractivity contribution in [2.75, 3.05) is 0 Å². The van der Waals surface area contributed by atoms with Gasteiger partial charge in [0.15, 0.2) is 11.6 Å². The molecule has 3 heterocycles. The van der Waals surface area contributed by atoms with Crippen LogP contribution in [0, 0.1) is 20.8 Å². The van der Waals surface area contributed by atoms with Gasteiger partial charge in [-0.2, -0.15) is 0 Å². The molecule has 0 fully saturated rings. The van der Waals surface area contributed by atoms with Crippen molar-refractivity contribution in [1.82, 2.24) is 24.3 Å². The number of benzene rings is 5. The summed E-state index contributed by atoms with van der Waals surface area (Å²) >= 11 is 0. The van der Waals surface area contributed by atoms with Crippen molar-refractivity contribution in [3.8, 4) is 45.5 Å². The lowest BCUT2D eigenvalue weighted by atomic mass is 10.0. The maximum absolute atomic E-state index is 5.26. The first kappa shape index (κ1) is 26.8. The summed E-state index contributed by atoms with van der Waals surface area (Å²) in [5.74, 6) is 2.32. The van der Waals surface area contributed by atoms with Gasteiger partial charge in [-0.15, -0.1) is 10.2 Å². The van der Waals surface area contributed by atoms with Crippen molar-refractivity contribution < 1.29 is 0 Å². The summed E-state index contributed by atoms with van der Waals surface area (Å²) in [6.07, 6.45) is 0. The molecule has 3 aromatic heterocycles. The number of fused-ring (bicyclic) bond motifs is 3. The summed E-state index contributed by atoms with van der Waals surface area (Å²) in [7, 11) is 0. The van der Waals surface area contributed by atoms with Gasteiger partial charge in [0.1, 0.15) is 11.5 Å². The fourth-order valence-corrected chi connectivity index (χ4v) is 6.68. The van der Waals surface area contributed by atoms with E-state index in [1.165, 1.54) is 16.3 Å². The number of hydrogen-bond donors (Lipinski definition) is 0. The molecule has 0 amide bonds. The van der Waals surface area contributed by atoms with E-state index in [1.54, 1.807) is 0 Å². The normalized spacial score (nSPS) is 11.4. The van der Waals surface area contributed by atoms with Gasteiger partial charge in [0.05, 0.1) is 16.7 Å². The number of nitrogens with zero attached hydrogens (tertiary/aromatic N) is 5. The second-order valence-electron chi connectivity index (χ2n) is 11.6. The van der Waals surface area contributed by atoms with E-state index in [0.717, 1.165) is 61.9 Å². The van der Waals surface area contributed by atoms with Gasteiger partial charge in [-0.1, -0.05) is 109 Å². The lowest BCUT2D eigenvalue weighted by molar-refractivity contribution is 1.01. The minimum atomic E-state index is 0.702. The molecule has 5 nitrogen and oxygen atoms in total. The third-order valence-electron chi connectivity index (χ3n) is 8.52. The van der Waals surface area contributed by atoms with E-state index in [1.807, 2.05) is 12.1 Å². The standard InChI is InChI=1S/C40H31N5/c1-26-23-27(2)38(28(3)24-26)45-39(31-16-11-15-30(25-31)29-13-5-4-6-14-29)42-43-40(45)34-19-12-22-37(41-34)44-35-20-9-7-17-32(35)33-18-8-10-21-36(33)44/h4-25H,1-3H3. The highest BCUT2D eigenvalue weighted by molar-refractivity contribution is 6.09. The molecule has 5 aromatic carbocycles. The Bertz CT molecular complexity index is 2280. The van der Waals surface area contributed by atoms with Gasteiger partial charge in [0.2, 0.25) is 0 Å². The Morgan fingerprint density at radius 3 is 1.76 bits per heavy atom. The number of pyridine rings is 1. The maximum atomic E-state index is 5.26. The second-order valence-corrected chi connectivity index (χ2v) is 11.6. The van der Waals surface area contributed by atoms with E-state index >= 15 is 0 Å². The van der Waals surface area contributed by atoms with E-state index in [-0.39, 0.29) is 0 Å². The summed E-state index contributed by atoms with van der Waals surface area (Å²) in [6, 6.07) is 46.6. The van der Waals surface area contributed by atoms with Gasteiger partial charge >= 0.3 is 0 Å². The topological polar surface area (TPSA) is 48.5 Å². The predicted octanol–water partition coefficient (Wildman–Crippen LogP) is 9.69. The molecule has 0 saturated carbocycles. The monoisotopic (exact) mass is 581 g/mol. The van der Waals surface area contributed by atoms with Crippen LogP contribution in [-0.2, 0) is 0 Å². The summed E-state index contributed by atoms with van der Waals surface area (Å²) < 4.78 is 4.42. The smallest absolute Gasteiger partial charge is 0.187 e. The molecule has 45 heavy (non-hydrogen) atoms. The summed E-state index contributed by atoms with van der Waals surface area (Å²) in [4.78, 5) is 5.26. The average Bonchev–Trinajstić information content (AvgIpc) is 3.65. The molecule has 0 spiro atoms. The van der Waals surface area contributed by atoms with E-state index < -0.39 is 0 Å². The highest BCUT2D eigenvalue weighted by Gasteiger charge is 2.22. The quantitative estimate of drug-likeness (QED) is 0.203. The van der Waals surface area contributed by atoms with E-state index in [0.29, 0.717) is 5.82 Å². The zero-order valence-corrected chi connectivity index (χ0v) is 25.4. The molecule has 0 unspecified atom stereocenters. The highest BCUT2D eigenvalue weighted by Crippen LogP contribution is 2.35. The number of aryl methyl sites for hydroxylation is 3. The van der Waals surface area contributed by atoms with Gasteiger partial charge in [-0.25, -0.2) is 4.98 Å². The number of aromatic nitrogens is 5. The van der Waals surface area contributed by atoms with Crippen LogP contribution in [0.2, 0.25) is 0 Å². The maximum Gasteiger partial charge on any atom is 0.187 e. The third kappa shape index (κ3) is 4.52. The van der Waals surface area contributed by atoms with Crippen LogP contribution in [0.5, 0.6) is 0 Å². The fraction of sp³-hybridized carbons (Fsp3) is 0.0750. The van der Waals surface area contributed by atoms with Crippen LogP contribution in [0.3, 0.4) is 0 Å². The first-order valence-electron chi connectivity index (χ1n) is 15.2. The van der Waals surface area contributed by atoms with E-state index in [2.05, 4.69) is 151 Å². The molecule has 5 heteroatoms. The van der Waals surface area contributed by atoms with E-state index in [9.17, 15) is 0 Å². The van der Waals surface area contributed by atoms with Crippen molar-refractivity contribution in [2.24, 2.45) is 0 Å². The predicted molar refractivity (Wildman–Crippen MR) is 184 cm³/mol. The van der Waals surface area contributed by atoms with Crippen LogP contribution in [0.1, 0.15) is 16.7 Å². The van der Waals surface area contributed by atoms with Gasteiger partial charge in [0.25, 0.3) is 0 Å². The molecular formula is C40H31N5. The average molecular weight is 582 g/mol. The van der Waals surface area contributed by atoms with Crippen LogP contribution in [0.4, 0.5) is 0 Å². The molecule has 8 aromatic rings. The van der Waals surface area contributed by atoms with Crippen molar-refractivity contribution in [3.63, 3.8) is 0 Å². The Balaban J connectivity index is 1.36. The van der Waals surface area contributed by atoms with Gasteiger partial charge < -0.3 is 0 Å². The number of hydrogen-bond acceptors (Lipinski definition) is 3. The molecule has 0 radical (unpaired) electrons. The summed E-state index contributed by atoms with van der Waals surface area (Å²) in [5, 5.41) is 12.1. The molecule has 0 aliphatic rings. The molecule has 0 N–H and O–H groups in total. The zero-order chi connectivity index (χ0) is 30.5. The van der Waals surface area contributed by atoms with Crippen molar-refractivity contribution in [2.45, 2.75) is 20.8 Å². The largest absolute Gasteiger partial charge is 0.294 e. The zero-order valence-electron chi connectivity index (χ0n) is 25.4. The number of para-hydroxylation sites is 2. The van der Waals surface area contributed by atoms with Crippen molar-refractivity contribution >= 4 is 21.8 Å². The lowest BCUT2D eigenvalue weighted by Gasteiger charge is -2.17. The first-order valence-corrected chi connectivity index (χ1v) is 15.2. The van der Waals surface area contributed by atoms with Crippen LogP contribution in [0.25, 0.3) is 67.3 Å². The lowest BCUT2D eigenvalue weighted by Crippen LogP contribution is -2.07. The summed E-state index contributed by atoms with van der Waals surface area (Å²) in [5.41, 5.74) is 10.9. The Kier molecular flexibility index (Phi) is 6.38.